The Labute approximate surface area is 229 Å². The van der Waals surface area contributed by atoms with Crippen LogP contribution in [0.25, 0.3) is 0 Å². The Hall–Kier alpha value is -1.53. The summed E-state index contributed by atoms with van der Waals surface area (Å²) in [6, 6.07) is 0. The molecule has 0 spiro atoms. The van der Waals surface area contributed by atoms with Crippen molar-refractivity contribution in [1.82, 2.24) is 9.97 Å². The first kappa shape index (κ1) is 28.0. The van der Waals surface area contributed by atoms with Crippen LogP contribution in [-0.4, -0.2) is 38.4 Å². The number of aliphatic hydroxyl groups excluding tert-OH is 2. The summed E-state index contributed by atoms with van der Waals surface area (Å²) in [5, 5.41) is 22.1. The van der Waals surface area contributed by atoms with Crippen molar-refractivity contribution in [2.75, 3.05) is 0 Å². The van der Waals surface area contributed by atoms with Crippen molar-refractivity contribution in [2.24, 2.45) is 46.3 Å². The number of hydrogen-bond donors (Lipinski definition) is 2. The first-order valence-electron chi connectivity index (χ1n) is 15.3. The molecule has 1 aromatic heterocycles. The highest BCUT2D eigenvalue weighted by molar-refractivity contribution is 5.69. The zero-order valence-corrected chi connectivity index (χ0v) is 24.5. The molecule has 10 unspecified atom stereocenters. The van der Waals surface area contributed by atoms with Crippen LogP contribution in [0.5, 0.6) is 0 Å². The summed E-state index contributed by atoms with van der Waals surface area (Å²) in [7, 11) is 0. The van der Waals surface area contributed by atoms with Crippen LogP contribution >= 0.6 is 0 Å². The van der Waals surface area contributed by atoms with E-state index in [1.807, 2.05) is 20.8 Å². The van der Waals surface area contributed by atoms with Gasteiger partial charge in [0.05, 0.1) is 35.0 Å². The Morgan fingerprint density at radius 1 is 0.974 bits per heavy atom. The van der Waals surface area contributed by atoms with Crippen molar-refractivity contribution >= 4 is 5.97 Å². The SMILES string of the molecule is Cc1nc(C)c(COC(=O)CCC(C)C2CCC3C4CCC5CC(O)CCC5(C)C4CC(O)C23C)nc1C. The highest BCUT2D eigenvalue weighted by Gasteiger charge is 2.63. The molecule has 0 saturated heterocycles. The minimum Gasteiger partial charge on any atom is -0.459 e. The second-order valence-electron chi connectivity index (χ2n) is 14.0. The fraction of sp³-hybridized carbons (Fsp3) is 0.844. The van der Waals surface area contributed by atoms with E-state index in [0.29, 0.717) is 41.9 Å². The molecule has 4 fully saturated rings. The van der Waals surface area contributed by atoms with Gasteiger partial charge in [0.2, 0.25) is 0 Å². The number of nitrogens with zero attached hydrogens (tertiary/aromatic N) is 2. The molecule has 4 saturated carbocycles. The summed E-state index contributed by atoms with van der Waals surface area (Å²) in [6.07, 6.45) is 9.47. The summed E-state index contributed by atoms with van der Waals surface area (Å²) >= 11 is 0. The van der Waals surface area contributed by atoms with Gasteiger partial charge < -0.3 is 14.9 Å². The Bertz CT molecular complexity index is 1040. The van der Waals surface area contributed by atoms with Gasteiger partial charge in [0, 0.05) is 6.42 Å². The average molecular weight is 527 g/mol. The maximum Gasteiger partial charge on any atom is 0.306 e. The third kappa shape index (κ3) is 4.72. The summed E-state index contributed by atoms with van der Waals surface area (Å²) in [5.74, 6) is 3.04. The van der Waals surface area contributed by atoms with E-state index in [0.717, 1.165) is 61.3 Å². The van der Waals surface area contributed by atoms with Crippen LogP contribution in [0.2, 0.25) is 0 Å². The summed E-state index contributed by atoms with van der Waals surface area (Å²) < 4.78 is 5.60. The van der Waals surface area contributed by atoms with Gasteiger partial charge in [-0.05, 0) is 125 Å². The molecule has 6 heteroatoms. The van der Waals surface area contributed by atoms with E-state index in [1.54, 1.807) is 0 Å². The van der Waals surface area contributed by atoms with Crippen molar-refractivity contribution in [3.63, 3.8) is 0 Å². The minimum atomic E-state index is -0.288. The topological polar surface area (TPSA) is 92.5 Å². The Morgan fingerprint density at radius 3 is 2.47 bits per heavy atom. The smallest absolute Gasteiger partial charge is 0.306 e. The lowest BCUT2D eigenvalue weighted by atomic mass is 9.43. The van der Waals surface area contributed by atoms with Gasteiger partial charge in [0.15, 0.2) is 0 Å². The number of carbonyl (C=O) groups is 1. The molecule has 4 aliphatic rings. The number of ether oxygens (including phenoxy) is 1. The molecule has 1 heterocycles. The number of aliphatic hydroxyl groups is 2. The lowest BCUT2D eigenvalue weighted by Gasteiger charge is -2.62. The van der Waals surface area contributed by atoms with Gasteiger partial charge in [0.1, 0.15) is 6.61 Å². The van der Waals surface area contributed by atoms with E-state index >= 15 is 0 Å². The third-order valence-electron chi connectivity index (χ3n) is 12.3. The number of carbonyl (C=O) groups excluding carboxylic acids is 1. The summed E-state index contributed by atoms with van der Waals surface area (Å²) in [4.78, 5) is 21.7. The zero-order chi connectivity index (χ0) is 27.4. The highest BCUT2D eigenvalue weighted by atomic mass is 16.5. The Morgan fingerprint density at radius 2 is 1.71 bits per heavy atom. The van der Waals surface area contributed by atoms with Gasteiger partial charge in [-0.3, -0.25) is 14.8 Å². The molecule has 0 bridgehead atoms. The van der Waals surface area contributed by atoms with Gasteiger partial charge in [-0.1, -0.05) is 20.8 Å². The van der Waals surface area contributed by atoms with Crippen molar-refractivity contribution in [3.8, 4) is 0 Å². The maximum absolute atomic E-state index is 12.7. The van der Waals surface area contributed by atoms with Gasteiger partial charge >= 0.3 is 5.97 Å². The fourth-order valence-electron chi connectivity index (χ4n) is 9.83. The number of esters is 1. The largest absolute Gasteiger partial charge is 0.459 e. The van der Waals surface area contributed by atoms with E-state index in [2.05, 4.69) is 30.7 Å². The van der Waals surface area contributed by atoms with E-state index in [9.17, 15) is 15.0 Å². The minimum absolute atomic E-state index is 0.0754. The summed E-state index contributed by atoms with van der Waals surface area (Å²) in [5.41, 5.74) is 3.51. The van der Waals surface area contributed by atoms with Gasteiger partial charge in [-0.25, -0.2) is 0 Å². The standard InChI is InChI=1S/C32H50N2O4/c1-18(7-12-30(37)38-17-28-21(4)33-19(2)20(3)34-28)25-10-11-26-24-9-8-22-15-23(35)13-14-31(22,5)27(24)16-29(36)32(25,26)6/h18,22-27,29,35-36H,7-17H2,1-6H3. The van der Waals surface area contributed by atoms with Crippen LogP contribution in [0.3, 0.4) is 0 Å². The van der Waals surface area contributed by atoms with Gasteiger partial charge in [-0.2, -0.15) is 0 Å². The molecule has 5 rings (SSSR count). The average Bonchev–Trinajstić information content (AvgIpc) is 3.24. The normalized spacial score (nSPS) is 41.1. The lowest BCUT2D eigenvalue weighted by Crippen LogP contribution is -2.58. The van der Waals surface area contributed by atoms with Crippen LogP contribution in [0, 0.1) is 67.1 Å². The molecule has 0 aromatic carbocycles. The molecule has 0 aliphatic heterocycles. The van der Waals surface area contributed by atoms with Crippen LogP contribution in [0.15, 0.2) is 0 Å². The van der Waals surface area contributed by atoms with E-state index in [-0.39, 0.29) is 35.6 Å². The highest BCUT2D eigenvalue weighted by Crippen LogP contribution is 2.68. The van der Waals surface area contributed by atoms with E-state index in [4.69, 9.17) is 4.74 Å². The molecule has 6 nitrogen and oxygen atoms in total. The maximum atomic E-state index is 12.7. The van der Waals surface area contributed by atoms with Crippen LogP contribution in [0.4, 0.5) is 0 Å². The molecular weight excluding hydrogens is 476 g/mol. The molecule has 38 heavy (non-hydrogen) atoms. The van der Waals surface area contributed by atoms with E-state index in [1.165, 1.54) is 19.3 Å². The lowest BCUT2D eigenvalue weighted by molar-refractivity contribution is -0.175. The third-order valence-corrected chi connectivity index (χ3v) is 12.3. The molecule has 0 amide bonds. The summed E-state index contributed by atoms with van der Waals surface area (Å²) in [6.45, 7) is 13.1. The zero-order valence-electron chi connectivity index (χ0n) is 24.5. The Kier molecular flexibility index (Phi) is 7.71. The number of rotatable bonds is 6. The molecule has 1 aromatic rings. The molecule has 0 radical (unpaired) electrons. The first-order valence-corrected chi connectivity index (χ1v) is 15.3. The molecule has 10 atom stereocenters. The van der Waals surface area contributed by atoms with E-state index < -0.39 is 0 Å². The van der Waals surface area contributed by atoms with Crippen molar-refractivity contribution in [3.05, 3.63) is 22.8 Å². The number of aromatic nitrogens is 2. The predicted octanol–water partition coefficient (Wildman–Crippen LogP) is 5.85. The van der Waals surface area contributed by atoms with Gasteiger partial charge in [0.25, 0.3) is 0 Å². The number of hydrogen-bond acceptors (Lipinski definition) is 6. The molecule has 2 N–H and O–H groups in total. The van der Waals surface area contributed by atoms with Crippen molar-refractivity contribution in [2.45, 2.75) is 125 Å². The van der Waals surface area contributed by atoms with Crippen LogP contribution in [0.1, 0.15) is 108 Å². The quantitative estimate of drug-likeness (QED) is 0.452. The molecule has 212 valence electrons. The number of aryl methyl sites for hydroxylation is 3. The monoisotopic (exact) mass is 526 g/mol. The van der Waals surface area contributed by atoms with Crippen LogP contribution < -0.4 is 0 Å². The number of fused-ring (bicyclic) bond motifs is 5. The van der Waals surface area contributed by atoms with Gasteiger partial charge in [-0.15, -0.1) is 0 Å². The van der Waals surface area contributed by atoms with Crippen LogP contribution in [-0.2, 0) is 16.1 Å². The second-order valence-corrected chi connectivity index (χ2v) is 14.0. The fourth-order valence-corrected chi connectivity index (χ4v) is 9.83. The second kappa shape index (κ2) is 10.5. The first-order chi connectivity index (χ1) is 17.9. The predicted molar refractivity (Wildman–Crippen MR) is 147 cm³/mol. The van der Waals surface area contributed by atoms with Crippen molar-refractivity contribution < 1.29 is 19.7 Å². The molecular formula is C32H50N2O4. The molecule has 4 aliphatic carbocycles. The Balaban J connectivity index is 1.20. The van der Waals surface area contributed by atoms with Crippen molar-refractivity contribution in [1.29, 1.82) is 0 Å².